The number of benzene rings is 3. The van der Waals surface area contributed by atoms with E-state index in [-0.39, 0.29) is 17.8 Å². The van der Waals surface area contributed by atoms with Crippen molar-refractivity contribution < 1.29 is 23.0 Å². The van der Waals surface area contributed by atoms with Gasteiger partial charge in [-0.15, -0.1) is 0 Å². The van der Waals surface area contributed by atoms with Gasteiger partial charge in [0, 0.05) is 22.9 Å². The Kier molecular flexibility index (Phi) is 11.4. The van der Waals surface area contributed by atoms with Gasteiger partial charge in [0.2, 0.25) is 0 Å². The molecule has 0 aromatic heterocycles. The molecule has 0 spiro atoms. The number of esters is 1. The van der Waals surface area contributed by atoms with Crippen LogP contribution in [0.25, 0.3) is 6.08 Å². The highest BCUT2D eigenvalue weighted by Gasteiger charge is 2.43. The minimum atomic E-state index is -3.21. The van der Waals surface area contributed by atoms with Crippen LogP contribution in [-0.2, 0) is 22.4 Å². The average Bonchev–Trinajstić information content (AvgIpc) is 3.01. The van der Waals surface area contributed by atoms with Crippen LogP contribution in [0, 0.1) is 17.3 Å². The highest BCUT2D eigenvalue weighted by molar-refractivity contribution is 5.87. The first kappa shape index (κ1) is 33.0. The lowest BCUT2D eigenvalue weighted by Gasteiger charge is -2.33. The van der Waals surface area contributed by atoms with Crippen molar-refractivity contribution in [3.05, 3.63) is 95.6 Å². The lowest BCUT2D eigenvalue weighted by molar-refractivity contribution is -0.223. The predicted octanol–water partition coefficient (Wildman–Crippen LogP) is 8.87. The smallest absolute Gasteiger partial charge is 0.400 e. The van der Waals surface area contributed by atoms with E-state index in [1.165, 1.54) is 18.2 Å². The molecule has 5 nitrogen and oxygen atoms in total. The van der Waals surface area contributed by atoms with Crippen molar-refractivity contribution in [1.29, 1.82) is 0 Å². The molecule has 1 saturated carbocycles. The molecule has 0 heterocycles. The van der Waals surface area contributed by atoms with Crippen LogP contribution in [0.15, 0.2) is 78.9 Å². The zero-order valence-electron chi connectivity index (χ0n) is 25.9. The molecule has 3 aromatic rings. The molecule has 0 radical (unpaired) electrons. The summed E-state index contributed by atoms with van der Waals surface area (Å²) in [6, 6.07) is 21.8. The van der Waals surface area contributed by atoms with Crippen molar-refractivity contribution in [2.45, 2.75) is 77.7 Å². The summed E-state index contributed by atoms with van der Waals surface area (Å²) in [5.74, 6) is -0.572. The first-order valence-corrected chi connectivity index (χ1v) is 15.7. The number of halogens is 2. The van der Waals surface area contributed by atoms with E-state index in [1.807, 2.05) is 48.5 Å². The number of carbonyl (C=O) groups is 1. The average molecular weight is 605 g/mol. The van der Waals surface area contributed by atoms with Crippen molar-refractivity contribution in [3.63, 3.8) is 0 Å². The second-order valence-electron chi connectivity index (χ2n) is 12.7. The number of carbonyl (C=O) groups excluding carboxylic acids is 1. The third kappa shape index (κ3) is 10.1. The van der Waals surface area contributed by atoms with Crippen molar-refractivity contribution in [2.24, 2.45) is 17.3 Å². The number of nitrogen functional groups attached to an aromatic ring is 2. The van der Waals surface area contributed by atoms with Gasteiger partial charge in [-0.1, -0.05) is 69.5 Å². The van der Waals surface area contributed by atoms with E-state index in [9.17, 15) is 13.6 Å². The molecule has 7 heteroatoms. The maximum absolute atomic E-state index is 14.9. The molecule has 1 fully saturated rings. The molecule has 4 N–H and O–H groups in total. The van der Waals surface area contributed by atoms with E-state index in [4.69, 9.17) is 20.9 Å². The summed E-state index contributed by atoms with van der Waals surface area (Å²) in [4.78, 5) is 12.7. The first-order chi connectivity index (χ1) is 21.0. The Labute approximate surface area is 260 Å². The Bertz CT molecular complexity index is 1300. The van der Waals surface area contributed by atoms with Gasteiger partial charge in [-0.05, 0) is 104 Å². The number of alkyl halides is 2. The van der Waals surface area contributed by atoms with E-state index in [0.29, 0.717) is 48.5 Å². The minimum absolute atomic E-state index is 0.115. The number of ether oxygens (including phenoxy) is 2. The lowest BCUT2D eigenvalue weighted by atomic mass is 9.79. The molecule has 0 unspecified atom stereocenters. The second-order valence-corrected chi connectivity index (χ2v) is 12.7. The third-order valence-electron chi connectivity index (χ3n) is 8.62. The van der Waals surface area contributed by atoms with Crippen LogP contribution in [0.4, 0.5) is 20.2 Å². The van der Waals surface area contributed by atoms with E-state index in [0.717, 1.165) is 43.2 Å². The molecular formula is C37H46F2N2O3. The monoisotopic (exact) mass is 604 g/mol. The normalized spacial score (nSPS) is 17.5. The molecule has 44 heavy (non-hydrogen) atoms. The zero-order valence-corrected chi connectivity index (χ0v) is 25.9. The Hall–Kier alpha value is -3.87. The van der Waals surface area contributed by atoms with Gasteiger partial charge >= 0.3 is 12.1 Å². The quantitative estimate of drug-likeness (QED) is 0.109. The molecule has 0 amide bonds. The fourth-order valence-corrected chi connectivity index (χ4v) is 6.05. The van der Waals surface area contributed by atoms with Gasteiger partial charge in [0.25, 0.3) is 0 Å². The summed E-state index contributed by atoms with van der Waals surface area (Å²) in [5.41, 5.74) is 15.6. The highest BCUT2D eigenvalue weighted by atomic mass is 19.3. The molecule has 0 saturated heterocycles. The minimum Gasteiger partial charge on any atom is -0.462 e. The fourth-order valence-electron chi connectivity index (χ4n) is 6.05. The first-order valence-electron chi connectivity index (χ1n) is 15.7. The van der Waals surface area contributed by atoms with Crippen molar-refractivity contribution >= 4 is 23.4 Å². The number of hydrogen-bond acceptors (Lipinski definition) is 5. The van der Waals surface area contributed by atoms with E-state index in [1.54, 1.807) is 18.2 Å². The van der Waals surface area contributed by atoms with Gasteiger partial charge in [0.05, 0.1) is 12.5 Å². The van der Waals surface area contributed by atoms with Crippen LogP contribution in [0.3, 0.4) is 0 Å². The van der Waals surface area contributed by atoms with E-state index < -0.39 is 18.0 Å². The molecule has 3 aromatic carbocycles. The van der Waals surface area contributed by atoms with Crippen LogP contribution < -0.4 is 16.2 Å². The van der Waals surface area contributed by atoms with Crippen molar-refractivity contribution in [1.82, 2.24) is 0 Å². The molecular weight excluding hydrogens is 558 g/mol. The van der Waals surface area contributed by atoms with Crippen LogP contribution in [0.2, 0.25) is 0 Å². The molecule has 1 aliphatic carbocycles. The number of hydrogen-bond donors (Lipinski definition) is 2. The second kappa shape index (κ2) is 15.2. The number of anilines is 2. The van der Waals surface area contributed by atoms with Gasteiger partial charge in [0.15, 0.2) is 0 Å². The Morgan fingerprint density at radius 3 is 1.93 bits per heavy atom. The lowest BCUT2D eigenvalue weighted by Crippen LogP contribution is -2.37. The van der Waals surface area contributed by atoms with E-state index in [2.05, 4.69) is 13.8 Å². The van der Waals surface area contributed by atoms with Crippen molar-refractivity contribution in [2.75, 3.05) is 18.1 Å². The van der Waals surface area contributed by atoms with Crippen molar-refractivity contribution in [3.8, 4) is 5.75 Å². The molecule has 0 aliphatic heterocycles. The zero-order chi connectivity index (χ0) is 31.6. The Morgan fingerprint density at radius 2 is 1.41 bits per heavy atom. The summed E-state index contributed by atoms with van der Waals surface area (Å²) in [6.07, 6.45) is 7.21. The number of nitrogens with two attached hydrogens (primary N) is 2. The number of unbranched alkanes of at least 4 members (excludes halogenated alkanes) is 1. The van der Waals surface area contributed by atoms with Gasteiger partial charge in [0.1, 0.15) is 5.75 Å². The molecule has 1 aliphatic rings. The van der Waals surface area contributed by atoms with Gasteiger partial charge in [-0.25, -0.2) is 4.79 Å². The Balaban J connectivity index is 1.31. The van der Waals surface area contributed by atoms with Crippen LogP contribution in [-0.4, -0.2) is 18.7 Å². The maximum Gasteiger partial charge on any atom is 0.400 e. The van der Waals surface area contributed by atoms with Gasteiger partial charge in [-0.2, -0.15) is 8.78 Å². The summed E-state index contributed by atoms with van der Waals surface area (Å²) in [7, 11) is 0. The van der Waals surface area contributed by atoms with Gasteiger partial charge in [-0.3, -0.25) is 0 Å². The van der Waals surface area contributed by atoms with Gasteiger partial charge < -0.3 is 20.9 Å². The topological polar surface area (TPSA) is 87.6 Å². The van der Waals surface area contributed by atoms with Crippen LogP contribution in [0.5, 0.6) is 5.75 Å². The summed E-state index contributed by atoms with van der Waals surface area (Å²) in [6.45, 7) is 4.45. The summed E-state index contributed by atoms with van der Waals surface area (Å²) >= 11 is 0. The highest BCUT2D eigenvalue weighted by Crippen LogP contribution is 2.41. The standard InChI is InChI=1S/C37H46F2N2O3/c1-3-4-5-27-6-15-31(16-7-27)37(38,39)44-34-21-12-28(13-22-34)14-23-35(42)43-26-36(2,24-29-8-17-32(40)18-9-29)25-30-10-19-33(41)20-11-30/h8-14,17-23,27,31H,3-7,15-16,24-26,40-41H2,1-2H3/b23-14+. The predicted molar refractivity (Wildman–Crippen MR) is 174 cm³/mol. The van der Waals surface area contributed by atoms with Crippen LogP contribution >= 0.6 is 0 Å². The van der Waals surface area contributed by atoms with E-state index >= 15 is 0 Å². The summed E-state index contributed by atoms with van der Waals surface area (Å²) in [5, 5.41) is 0. The maximum atomic E-state index is 14.9. The van der Waals surface area contributed by atoms with Crippen LogP contribution in [0.1, 0.15) is 75.5 Å². The number of rotatable bonds is 14. The largest absolute Gasteiger partial charge is 0.462 e. The molecule has 0 bridgehead atoms. The Morgan fingerprint density at radius 1 is 0.864 bits per heavy atom. The molecule has 236 valence electrons. The fraction of sp³-hybridized carbons (Fsp3) is 0.432. The molecule has 4 rings (SSSR count). The summed E-state index contributed by atoms with van der Waals surface area (Å²) < 4.78 is 40.7. The molecule has 0 atom stereocenters. The SMILES string of the molecule is CCCCC1CCC(C(F)(F)Oc2ccc(/C=C/C(=O)OCC(C)(Cc3ccc(N)cc3)Cc3ccc(N)cc3)cc2)CC1. The third-order valence-corrected chi connectivity index (χ3v) is 8.62.